The van der Waals surface area contributed by atoms with Crippen molar-refractivity contribution in [3.63, 3.8) is 0 Å². The number of pyridine rings is 2. The number of rotatable bonds is 3. The average molecular weight is 214 g/mol. The Morgan fingerprint density at radius 2 is 1.19 bits per heavy atom. The molecule has 0 spiro atoms. The van der Waals surface area contributed by atoms with Gasteiger partial charge in [0.1, 0.15) is 0 Å². The molecule has 0 aromatic carbocycles. The third kappa shape index (κ3) is 2.70. The van der Waals surface area contributed by atoms with Crippen LogP contribution in [0.1, 0.15) is 11.4 Å². The molecular formula is C12H14N4. The fourth-order valence-electron chi connectivity index (χ4n) is 1.23. The van der Waals surface area contributed by atoms with Gasteiger partial charge in [0.05, 0.1) is 23.8 Å². The molecule has 0 aliphatic rings. The van der Waals surface area contributed by atoms with E-state index in [1.807, 2.05) is 38.1 Å². The molecule has 16 heavy (non-hydrogen) atoms. The van der Waals surface area contributed by atoms with E-state index in [1.54, 1.807) is 12.4 Å². The van der Waals surface area contributed by atoms with Crippen LogP contribution in [0, 0.1) is 13.8 Å². The van der Waals surface area contributed by atoms with Crippen molar-refractivity contribution in [2.45, 2.75) is 13.8 Å². The van der Waals surface area contributed by atoms with Gasteiger partial charge in [0.25, 0.3) is 0 Å². The zero-order valence-electron chi connectivity index (χ0n) is 9.36. The maximum atomic E-state index is 4.19. The summed E-state index contributed by atoms with van der Waals surface area (Å²) >= 11 is 0. The van der Waals surface area contributed by atoms with E-state index in [0.29, 0.717) is 0 Å². The van der Waals surface area contributed by atoms with Gasteiger partial charge in [-0.1, -0.05) is 0 Å². The van der Waals surface area contributed by atoms with E-state index in [0.717, 1.165) is 22.8 Å². The number of nitrogens with one attached hydrogen (secondary N) is 2. The molecule has 0 aliphatic carbocycles. The van der Waals surface area contributed by atoms with Crippen molar-refractivity contribution in [1.29, 1.82) is 0 Å². The maximum Gasteiger partial charge on any atom is 0.0723 e. The Hall–Kier alpha value is -2.10. The lowest BCUT2D eigenvalue weighted by Crippen LogP contribution is -2.09. The van der Waals surface area contributed by atoms with Crippen LogP contribution < -0.4 is 10.9 Å². The van der Waals surface area contributed by atoms with Crippen LogP contribution in [-0.2, 0) is 0 Å². The summed E-state index contributed by atoms with van der Waals surface area (Å²) in [7, 11) is 0. The minimum absolute atomic E-state index is 0.922. The highest BCUT2D eigenvalue weighted by atomic mass is 15.4. The van der Waals surface area contributed by atoms with Gasteiger partial charge >= 0.3 is 0 Å². The van der Waals surface area contributed by atoms with E-state index in [9.17, 15) is 0 Å². The first-order valence-corrected chi connectivity index (χ1v) is 5.11. The molecule has 4 heteroatoms. The van der Waals surface area contributed by atoms with Crippen LogP contribution in [0.5, 0.6) is 0 Å². The molecule has 4 nitrogen and oxygen atoms in total. The lowest BCUT2D eigenvalue weighted by Gasteiger charge is -2.09. The Morgan fingerprint density at radius 1 is 0.750 bits per heavy atom. The molecule has 0 atom stereocenters. The number of hydrazine groups is 1. The zero-order chi connectivity index (χ0) is 11.4. The largest absolute Gasteiger partial charge is 0.299 e. The molecule has 0 radical (unpaired) electrons. The number of anilines is 2. The van der Waals surface area contributed by atoms with Crippen LogP contribution in [0.3, 0.4) is 0 Å². The smallest absolute Gasteiger partial charge is 0.0723 e. The summed E-state index contributed by atoms with van der Waals surface area (Å²) in [5.41, 5.74) is 9.96. The highest BCUT2D eigenvalue weighted by Crippen LogP contribution is 2.08. The molecule has 0 unspecified atom stereocenters. The third-order valence-electron chi connectivity index (χ3n) is 2.17. The molecule has 2 aromatic heterocycles. The van der Waals surface area contributed by atoms with Gasteiger partial charge in [0.2, 0.25) is 0 Å². The number of aryl methyl sites for hydroxylation is 2. The molecule has 0 bridgehead atoms. The van der Waals surface area contributed by atoms with Crippen LogP contribution in [-0.4, -0.2) is 9.97 Å². The summed E-state index contributed by atoms with van der Waals surface area (Å²) in [6.07, 6.45) is 3.56. The van der Waals surface area contributed by atoms with Crippen LogP contribution >= 0.6 is 0 Å². The van der Waals surface area contributed by atoms with Crippen molar-refractivity contribution in [2.24, 2.45) is 0 Å². The van der Waals surface area contributed by atoms with Gasteiger partial charge in [0.15, 0.2) is 0 Å². The highest BCUT2D eigenvalue weighted by molar-refractivity contribution is 5.50. The Kier molecular flexibility index (Phi) is 3.00. The molecule has 0 amide bonds. The molecule has 0 saturated heterocycles. The monoisotopic (exact) mass is 214 g/mol. The first-order valence-electron chi connectivity index (χ1n) is 5.11. The average Bonchev–Trinajstić information content (AvgIpc) is 2.30. The lowest BCUT2D eigenvalue weighted by atomic mass is 10.3. The van der Waals surface area contributed by atoms with Crippen molar-refractivity contribution in [3.8, 4) is 0 Å². The Morgan fingerprint density at radius 3 is 1.50 bits per heavy atom. The number of hydrogen-bond donors (Lipinski definition) is 2. The van der Waals surface area contributed by atoms with Crippen LogP contribution in [0.4, 0.5) is 11.4 Å². The lowest BCUT2D eigenvalue weighted by molar-refractivity contribution is 1.18. The zero-order valence-corrected chi connectivity index (χ0v) is 9.36. The fourth-order valence-corrected chi connectivity index (χ4v) is 1.23. The Labute approximate surface area is 94.7 Å². The summed E-state index contributed by atoms with van der Waals surface area (Å²) in [4.78, 5) is 8.37. The van der Waals surface area contributed by atoms with Crippen molar-refractivity contribution in [3.05, 3.63) is 48.0 Å². The standard InChI is InChI=1S/C12H14N4/c1-9-3-5-11(7-13-9)15-16-12-6-4-10(2)14-8-12/h3-8,15-16H,1-2H3. The van der Waals surface area contributed by atoms with Crippen molar-refractivity contribution in [1.82, 2.24) is 9.97 Å². The van der Waals surface area contributed by atoms with Gasteiger partial charge in [-0.2, -0.15) is 0 Å². The van der Waals surface area contributed by atoms with E-state index in [4.69, 9.17) is 0 Å². The first kappa shape index (κ1) is 10.4. The molecule has 2 aromatic rings. The van der Waals surface area contributed by atoms with Crippen LogP contribution in [0.2, 0.25) is 0 Å². The number of hydrogen-bond acceptors (Lipinski definition) is 4. The number of nitrogens with zero attached hydrogens (tertiary/aromatic N) is 2. The predicted octanol–water partition coefficient (Wildman–Crippen LogP) is 2.53. The topological polar surface area (TPSA) is 49.8 Å². The third-order valence-corrected chi connectivity index (χ3v) is 2.17. The Bertz CT molecular complexity index is 402. The molecule has 82 valence electrons. The maximum absolute atomic E-state index is 4.19. The van der Waals surface area contributed by atoms with Crippen LogP contribution in [0.25, 0.3) is 0 Å². The normalized spacial score (nSPS) is 9.88. The molecular weight excluding hydrogens is 200 g/mol. The second-order valence-electron chi connectivity index (χ2n) is 3.63. The van der Waals surface area contributed by atoms with Crippen LogP contribution in [0.15, 0.2) is 36.7 Å². The van der Waals surface area contributed by atoms with Gasteiger partial charge < -0.3 is 0 Å². The van der Waals surface area contributed by atoms with E-state index >= 15 is 0 Å². The van der Waals surface area contributed by atoms with Crippen molar-refractivity contribution >= 4 is 11.4 Å². The minimum Gasteiger partial charge on any atom is -0.299 e. The second kappa shape index (κ2) is 4.61. The molecule has 2 heterocycles. The summed E-state index contributed by atoms with van der Waals surface area (Å²) in [5.74, 6) is 0. The van der Waals surface area contributed by atoms with E-state index in [1.165, 1.54) is 0 Å². The summed E-state index contributed by atoms with van der Waals surface area (Å²) in [6, 6.07) is 7.85. The fraction of sp³-hybridized carbons (Fsp3) is 0.167. The van der Waals surface area contributed by atoms with Gasteiger partial charge in [-0.25, -0.2) is 0 Å². The highest BCUT2D eigenvalue weighted by Gasteiger charge is 1.93. The predicted molar refractivity (Wildman–Crippen MR) is 65.2 cm³/mol. The van der Waals surface area contributed by atoms with E-state index in [2.05, 4.69) is 20.8 Å². The van der Waals surface area contributed by atoms with Crippen molar-refractivity contribution in [2.75, 3.05) is 10.9 Å². The Balaban J connectivity index is 1.97. The SMILES string of the molecule is Cc1ccc(NNc2ccc(C)nc2)cn1. The first-order chi connectivity index (χ1) is 7.74. The summed E-state index contributed by atoms with van der Waals surface area (Å²) < 4.78 is 0. The van der Waals surface area contributed by atoms with Gasteiger partial charge in [-0.15, -0.1) is 0 Å². The number of aromatic nitrogens is 2. The molecule has 0 saturated carbocycles. The van der Waals surface area contributed by atoms with E-state index < -0.39 is 0 Å². The van der Waals surface area contributed by atoms with Gasteiger partial charge in [0, 0.05) is 11.4 Å². The van der Waals surface area contributed by atoms with Crippen molar-refractivity contribution < 1.29 is 0 Å². The van der Waals surface area contributed by atoms with E-state index in [-0.39, 0.29) is 0 Å². The molecule has 0 fully saturated rings. The minimum atomic E-state index is 0.922. The second-order valence-corrected chi connectivity index (χ2v) is 3.63. The molecule has 2 N–H and O–H groups in total. The quantitative estimate of drug-likeness (QED) is 0.771. The molecule has 2 rings (SSSR count). The molecule has 0 aliphatic heterocycles. The van der Waals surface area contributed by atoms with Gasteiger partial charge in [-0.3, -0.25) is 20.8 Å². The van der Waals surface area contributed by atoms with Gasteiger partial charge in [-0.05, 0) is 38.1 Å². The summed E-state index contributed by atoms with van der Waals surface area (Å²) in [5, 5.41) is 0. The summed E-state index contributed by atoms with van der Waals surface area (Å²) in [6.45, 7) is 3.92.